The van der Waals surface area contributed by atoms with Crippen LogP contribution in [0.3, 0.4) is 0 Å². The fourth-order valence-corrected chi connectivity index (χ4v) is 2.24. The number of rotatable bonds is 4. The van der Waals surface area contributed by atoms with Gasteiger partial charge in [-0.2, -0.15) is 0 Å². The number of hydrogen-bond acceptors (Lipinski definition) is 3. The number of aromatic hydroxyl groups is 1. The monoisotopic (exact) mass is 319 g/mol. The summed E-state index contributed by atoms with van der Waals surface area (Å²) >= 11 is 0. The van der Waals surface area contributed by atoms with Gasteiger partial charge in [-0.1, -0.05) is 38.1 Å². The molecule has 3 N–H and O–H groups in total. The molecular weight excluding hydrogens is 301 g/mol. The molecule has 0 fully saturated rings. The fourth-order valence-electron chi connectivity index (χ4n) is 2.24. The Morgan fingerprint density at radius 2 is 1.78 bits per heavy atom. The van der Waals surface area contributed by atoms with Gasteiger partial charge >= 0.3 is 5.97 Å². The number of hydrogen-bond donors (Lipinski definition) is 3. The van der Waals surface area contributed by atoms with Gasteiger partial charge in [0.2, 0.25) is 0 Å². The van der Waals surface area contributed by atoms with Gasteiger partial charge in [0.1, 0.15) is 17.1 Å². The molecule has 23 heavy (non-hydrogen) atoms. The molecular formula is C17H18FNO4. The van der Waals surface area contributed by atoms with Crippen molar-refractivity contribution in [3.05, 3.63) is 41.7 Å². The van der Waals surface area contributed by atoms with E-state index in [1.807, 2.05) is 0 Å². The van der Waals surface area contributed by atoms with Crippen LogP contribution in [0.15, 0.2) is 30.3 Å². The Hall–Kier alpha value is -2.63. The molecule has 1 unspecified atom stereocenters. The topological polar surface area (TPSA) is 86.6 Å². The maximum Gasteiger partial charge on any atom is 0.329 e. The molecule has 5 nitrogen and oxygen atoms in total. The second-order valence-electron chi connectivity index (χ2n) is 5.92. The molecule has 0 spiro atoms. The van der Waals surface area contributed by atoms with E-state index >= 15 is 0 Å². The molecule has 0 bridgehead atoms. The van der Waals surface area contributed by atoms with E-state index in [2.05, 4.69) is 5.32 Å². The second kappa shape index (κ2) is 5.87. The highest BCUT2D eigenvalue weighted by Gasteiger charge is 2.39. The highest BCUT2D eigenvalue weighted by molar-refractivity contribution is 6.05. The van der Waals surface area contributed by atoms with E-state index in [1.54, 1.807) is 26.0 Å². The van der Waals surface area contributed by atoms with E-state index in [4.69, 9.17) is 0 Å². The van der Waals surface area contributed by atoms with Gasteiger partial charge in [0.15, 0.2) is 0 Å². The molecule has 1 atom stereocenters. The van der Waals surface area contributed by atoms with Gasteiger partial charge in [0, 0.05) is 10.8 Å². The molecule has 0 heterocycles. The smallest absolute Gasteiger partial charge is 0.329 e. The number of halogens is 1. The number of nitrogens with one attached hydrogen (secondary N) is 1. The summed E-state index contributed by atoms with van der Waals surface area (Å²) in [6.07, 6.45) is 0. The molecule has 0 aromatic heterocycles. The lowest BCUT2D eigenvalue weighted by Gasteiger charge is -2.30. The van der Waals surface area contributed by atoms with Crippen molar-refractivity contribution in [1.82, 2.24) is 5.32 Å². The van der Waals surface area contributed by atoms with Gasteiger partial charge in [-0.25, -0.2) is 9.18 Å². The van der Waals surface area contributed by atoms with Crippen LogP contribution in [0, 0.1) is 11.7 Å². The lowest BCUT2D eigenvalue weighted by Crippen LogP contribution is -2.55. The Kier molecular flexibility index (Phi) is 4.27. The van der Waals surface area contributed by atoms with Gasteiger partial charge in [-0.15, -0.1) is 0 Å². The summed E-state index contributed by atoms with van der Waals surface area (Å²) in [6.45, 7) is 4.66. The molecule has 6 heteroatoms. The molecule has 0 aliphatic rings. The summed E-state index contributed by atoms with van der Waals surface area (Å²) in [4.78, 5) is 23.8. The number of carboxylic acid groups (broad SMARTS) is 1. The molecule has 0 aliphatic carbocycles. The minimum Gasteiger partial charge on any atom is -0.506 e. The average Bonchev–Trinajstić information content (AvgIpc) is 2.50. The van der Waals surface area contributed by atoms with Crippen LogP contribution in [0.1, 0.15) is 31.1 Å². The van der Waals surface area contributed by atoms with Crippen LogP contribution in [-0.2, 0) is 4.79 Å². The first-order valence-corrected chi connectivity index (χ1v) is 7.14. The van der Waals surface area contributed by atoms with Crippen molar-refractivity contribution >= 4 is 22.6 Å². The van der Waals surface area contributed by atoms with Crippen LogP contribution in [-0.4, -0.2) is 27.6 Å². The van der Waals surface area contributed by atoms with Crippen molar-refractivity contribution in [2.45, 2.75) is 26.3 Å². The third kappa shape index (κ3) is 2.84. The molecule has 2 aromatic carbocycles. The molecule has 2 aromatic rings. The van der Waals surface area contributed by atoms with Crippen molar-refractivity contribution in [2.75, 3.05) is 0 Å². The number of carbonyl (C=O) groups is 2. The third-order valence-electron chi connectivity index (χ3n) is 4.18. The number of carboxylic acids is 1. The van der Waals surface area contributed by atoms with Crippen LogP contribution in [0.25, 0.3) is 10.8 Å². The summed E-state index contributed by atoms with van der Waals surface area (Å²) in [6, 6.07) is 7.12. The third-order valence-corrected chi connectivity index (χ3v) is 4.18. The first kappa shape index (κ1) is 16.7. The van der Waals surface area contributed by atoms with E-state index in [0.717, 1.165) is 6.07 Å². The molecule has 0 saturated heterocycles. The van der Waals surface area contributed by atoms with Crippen LogP contribution in [0.2, 0.25) is 0 Å². The van der Waals surface area contributed by atoms with Crippen molar-refractivity contribution in [3.63, 3.8) is 0 Å². The predicted octanol–water partition coefficient (Wildman–Crippen LogP) is 2.91. The van der Waals surface area contributed by atoms with Crippen molar-refractivity contribution in [2.24, 2.45) is 5.92 Å². The molecule has 0 saturated carbocycles. The summed E-state index contributed by atoms with van der Waals surface area (Å²) in [5.41, 5.74) is -1.83. The summed E-state index contributed by atoms with van der Waals surface area (Å²) in [5.74, 6) is -3.50. The number of amides is 1. The normalized spacial score (nSPS) is 13.8. The Morgan fingerprint density at radius 1 is 1.22 bits per heavy atom. The van der Waals surface area contributed by atoms with Crippen LogP contribution in [0.4, 0.5) is 4.39 Å². The first-order chi connectivity index (χ1) is 10.7. The number of fused-ring (bicyclic) bond motifs is 1. The Balaban J connectivity index is 2.50. The molecule has 0 radical (unpaired) electrons. The summed E-state index contributed by atoms with van der Waals surface area (Å²) in [7, 11) is 0. The molecule has 1 amide bonds. The largest absolute Gasteiger partial charge is 0.506 e. The maximum atomic E-state index is 14.1. The zero-order valence-corrected chi connectivity index (χ0v) is 13.1. The van der Waals surface area contributed by atoms with Gasteiger partial charge in [0.05, 0.1) is 5.56 Å². The highest BCUT2D eigenvalue weighted by Crippen LogP contribution is 2.31. The minimum absolute atomic E-state index is 0.186. The van der Waals surface area contributed by atoms with Gasteiger partial charge in [-0.05, 0) is 18.9 Å². The van der Waals surface area contributed by atoms with E-state index in [1.165, 1.54) is 19.1 Å². The number of carbonyl (C=O) groups excluding carboxylic acids is 1. The van der Waals surface area contributed by atoms with Gasteiger partial charge in [-0.3, -0.25) is 4.79 Å². The standard InChI is InChI=1S/C17H18FNO4/c1-9(2)17(3,16(22)23)19-15(21)12-8-13(18)10-6-4-5-7-11(10)14(12)20/h4-9,20H,1-3H3,(H,19,21)(H,22,23). The van der Waals surface area contributed by atoms with E-state index < -0.39 is 29.2 Å². The highest BCUT2D eigenvalue weighted by atomic mass is 19.1. The van der Waals surface area contributed by atoms with Gasteiger partial charge < -0.3 is 15.5 Å². The van der Waals surface area contributed by atoms with Crippen LogP contribution in [0.5, 0.6) is 5.75 Å². The minimum atomic E-state index is -1.54. The SMILES string of the molecule is CC(C)C(C)(NC(=O)c1cc(F)c2ccccc2c1O)C(=O)O. The number of phenolic OH excluding ortho intramolecular Hbond substituents is 1. The van der Waals surface area contributed by atoms with Gasteiger partial charge in [0.25, 0.3) is 5.91 Å². The van der Waals surface area contributed by atoms with Crippen molar-refractivity contribution in [1.29, 1.82) is 0 Å². The Morgan fingerprint density at radius 3 is 2.30 bits per heavy atom. The van der Waals surface area contributed by atoms with Crippen molar-refractivity contribution in [3.8, 4) is 5.75 Å². The first-order valence-electron chi connectivity index (χ1n) is 7.14. The molecule has 0 aliphatic heterocycles. The van der Waals surface area contributed by atoms with Crippen LogP contribution < -0.4 is 5.32 Å². The number of benzene rings is 2. The van der Waals surface area contributed by atoms with Crippen molar-refractivity contribution < 1.29 is 24.2 Å². The number of phenols is 1. The lowest BCUT2D eigenvalue weighted by atomic mass is 9.88. The zero-order valence-electron chi connectivity index (χ0n) is 13.1. The average molecular weight is 319 g/mol. The summed E-state index contributed by atoms with van der Waals surface area (Å²) < 4.78 is 14.1. The fraction of sp³-hybridized carbons (Fsp3) is 0.294. The second-order valence-corrected chi connectivity index (χ2v) is 5.92. The lowest BCUT2D eigenvalue weighted by molar-refractivity contribution is -0.145. The molecule has 2 rings (SSSR count). The molecule has 122 valence electrons. The van der Waals surface area contributed by atoms with E-state index in [-0.39, 0.29) is 22.1 Å². The van der Waals surface area contributed by atoms with E-state index in [0.29, 0.717) is 0 Å². The Labute approximate surface area is 132 Å². The maximum absolute atomic E-state index is 14.1. The summed E-state index contributed by atoms with van der Waals surface area (Å²) in [5, 5.41) is 22.3. The zero-order chi connectivity index (χ0) is 17.4. The predicted molar refractivity (Wildman–Crippen MR) is 83.9 cm³/mol. The number of aliphatic carboxylic acids is 1. The Bertz CT molecular complexity index is 788. The quantitative estimate of drug-likeness (QED) is 0.808. The van der Waals surface area contributed by atoms with Crippen LogP contribution >= 0.6 is 0 Å². The van der Waals surface area contributed by atoms with E-state index in [9.17, 15) is 24.2 Å².